The molecular weight excluding hydrogens is 302 g/mol. The first kappa shape index (κ1) is 12.9. The van der Waals surface area contributed by atoms with Gasteiger partial charge in [-0.2, -0.15) is 0 Å². The summed E-state index contributed by atoms with van der Waals surface area (Å²) in [6.45, 7) is 1.16. The van der Waals surface area contributed by atoms with Crippen LogP contribution in [0.2, 0.25) is 0 Å². The molecule has 7 heteroatoms. The molecule has 1 aliphatic rings. The Morgan fingerprint density at radius 3 is 2.67 bits per heavy atom. The Bertz CT molecular complexity index is 464. The van der Waals surface area contributed by atoms with E-state index in [1.165, 1.54) is 0 Å². The van der Waals surface area contributed by atoms with Crippen LogP contribution < -0.4 is 5.73 Å². The number of piperidine rings is 1. The Labute approximate surface area is 113 Å². The van der Waals surface area contributed by atoms with Gasteiger partial charge >= 0.3 is 0 Å². The van der Waals surface area contributed by atoms with Crippen LogP contribution in [0.15, 0.2) is 26.4 Å². The molecule has 1 amide bonds. The van der Waals surface area contributed by atoms with Crippen molar-refractivity contribution in [3.63, 3.8) is 0 Å². The maximum absolute atomic E-state index is 12.1. The highest BCUT2D eigenvalue weighted by molar-refractivity contribution is 9.10. The van der Waals surface area contributed by atoms with E-state index < -0.39 is 0 Å². The molecule has 1 aliphatic heterocycles. The second kappa shape index (κ2) is 5.43. The summed E-state index contributed by atoms with van der Waals surface area (Å²) in [6, 6.07) is 3.33. The molecule has 0 atom stereocenters. The number of amides is 1. The van der Waals surface area contributed by atoms with Crippen LogP contribution in [0, 0.1) is 5.92 Å². The molecule has 0 saturated carbocycles. The van der Waals surface area contributed by atoms with Crippen LogP contribution in [0.4, 0.5) is 0 Å². The molecule has 0 aromatic carbocycles. The van der Waals surface area contributed by atoms with E-state index in [9.17, 15) is 4.79 Å². The van der Waals surface area contributed by atoms with Gasteiger partial charge in [-0.05, 0) is 40.9 Å². The average Bonchev–Trinajstić information content (AvgIpc) is 2.84. The minimum atomic E-state index is -0.126. The molecule has 98 valence electrons. The van der Waals surface area contributed by atoms with E-state index in [0.717, 1.165) is 0 Å². The number of rotatable bonds is 2. The third kappa shape index (κ3) is 2.66. The lowest BCUT2D eigenvalue weighted by Crippen LogP contribution is -2.41. The molecule has 2 heterocycles. The lowest BCUT2D eigenvalue weighted by Gasteiger charge is -2.30. The van der Waals surface area contributed by atoms with Crippen molar-refractivity contribution in [1.29, 1.82) is 0 Å². The van der Waals surface area contributed by atoms with E-state index >= 15 is 0 Å². The Kier molecular flexibility index (Phi) is 3.90. The topological polar surface area (TPSA) is 92.1 Å². The number of halogens is 1. The standard InChI is InChI=1S/C11H14BrN3O3/c12-9-2-1-8(18-9)11(16)15-5-3-7(4-6-15)10(13)14-17/h1-2,7,17H,3-6H2,(H2,13,14). The third-order valence-corrected chi connectivity index (χ3v) is 3.53. The molecule has 0 unspecified atom stereocenters. The van der Waals surface area contributed by atoms with Crippen molar-refractivity contribution in [1.82, 2.24) is 4.90 Å². The zero-order valence-electron chi connectivity index (χ0n) is 9.67. The number of oxime groups is 1. The molecule has 1 fully saturated rings. The van der Waals surface area contributed by atoms with Crippen LogP contribution in [0.5, 0.6) is 0 Å². The maximum Gasteiger partial charge on any atom is 0.289 e. The molecule has 0 radical (unpaired) electrons. The van der Waals surface area contributed by atoms with Crippen molar-refractivity contribution in [2.45, 2.75) is 12.8 Å². The van der Waals surface area contributed by atoms with Crippen LogP contribution in [0.25, 0.3) is 0 Å². The van der Waals surface area contributed by atoms with Gasteiger partial charge in [0.15, 0.2) is 10.4 Å². The van der Waals surface area contributed by atoms with Gasteiger partial charge in [0.25, 0.3) is 5.91 Å². The first-order valence-electron chi connectivity index (χ1n) is 5.64. The average molecular weight is 316 g/mol. The van der Waals surface area contributed by atoms with E-state index in [-0.39, 0.29) is 17.7 Å². The van der Waals surface area contributed by atoms with Crippen molar-refractivity contribution in [2.24, 2.45) is 16.8 Å². The summed E-state index contributed by atoms with van der Waals surface area (Å²) in [6.07, 6.45) is 1.40. The monoisotopic (exact) mass is 315 g/mol. The first-order valence-corrected chi connectivity index (χ1v) is 6.43. The van der Waals surface area contributed by atoms with Crippen LogP contribution >= 0.6 is 15.9 Å². The summed E-state index contributed by atoms with van der Waals surface area (Å²) in [4.78, 5) is 13.8. The zero-order valence-corrected chi connectivity index (χ0v) is 11.3. The zero-order chi connectivity index (χ0) is 13.1. The molecule has 0 bridgehead atoms. The largest absolute Gasteiger partial charge is 0.444 e. The molecule has 18 heavy (non-hydrogen) atoms. The van der Waals surface area contributed by atoms with Gasteiger partial charge < -0.3 is 20.3 Å². The number of hydrogen-bond donors (Lipinski definition) is 2. The lowest BCUT2D eigenvalue weighted by atomic mass is 9.96. The van der Waals surface area contributed by atoms with Crippen LogP contribution in [0.3, 0.4) is 0 Å². The van der Waals surface area contributed by atoms with Gasteiger partial charge in [0.2, 0.25) is 0 Å². The van der Waals surface area contributed by atoms with E-state index in [0.29, 0.717) is 36.4 Å². The lowest BCUT2D eigenvalue weighted by molar-refractivity contribution is 0.0675. The Balaban J connectivity index is 1.96. The summed E-state index contributed by atoms with van der Waals surface area (Å²) >= 11 is 3.16. The van der Waals surface area contributed by atoms with Gasteiger partial charge in [-0.3, -0.25) is 4.79 Å². The van der Waals surface area contributed by atoms with E-state index in [1.807, 2.05) is 0 Å². The number of nitrogens with two attached hydrogens (primary N) is 1. The second-order valence-electron chi connectivity index (χ2n) is 4.20. The summed E-state index contributed by atoms with van der Waals surface area (Å²) in [7, 11) is 0. The molecule has 1 aromatic heterocycles. The number of amidine groups is 1. The smallest absolute Gasteiger partial charge is 0.289 e. The quantitative estimate of drug-likeness (QED) is 0.375. The summed E-state index contributed by atoms with van der Waals surface area (Å²) in [5.74, 6) is 0.480. The second-order valence-corrected chi connectivity index (χ2v) is 4.98. The molecular formula is C11H14BrN3O3. The predicted molar refractivity (Wildman–Crippen MR) is 68.4 cm³/mol. The van der Waals surface area contributed by atoms with E-state index in [1.54, 1.807) is 17.0 Å². The molecule has 2 rings (SSSR count). The molecule has 1 aromatic rings. The predicted octanol–water partition coefficient (Wildman–Crippen LogP) is 1.64. The number of carbonyl (C=O) groups excluding carboxylic acids is 1. The summed E-state index contributed by atoms with van der Waals surface area (Å²) in [5.41, 5.74) is 5.56. The van der Waals surface area contributed by atoms with Gasteiger partial charge in [0.1, 0.15) is 5.84 Å². The highest BCUT2D eigenvalue weighted by atomic mass is 79.9. The number of nitrogens with zero attached hydrogens (tertiary/aromatic N) is 2. The van der Waals surface area contributed by atoms with Crippen molar-refractivity contribution in [2.75, 3.05) is 13.1 Å². The van der Waals surface area contributed by atoms with E-state index in [4.69, 9.17) is 15.4 Å². The maximum atomic E-state index is 12.1. The fourth-order valence-electron chi connectivity index (χ4n) is 2.05. The van der Waals surface area contributed by atoms with Crippen LogP contribution in [-0.4, -0.2) is 34.9 Å². The SMILES string of the molecule is NC(=NO)C1CCN(C(=O)c2ccc(Br)o2)CC1. The van der Waals surface area contributed by atoms with Gasteiger partial charge in [0.05, 0.1) is 0 Å². The van der Waals surface area contributed by atoms with Gasteiger partial charge in [-0.15, -0.1) is 0 Å². The van der Waals surface area contributed by atoms with Gasteiger partial charge in [-0.1, -0.05) is 5.16 Å². The van der Waals surface area contributed by atoms with Gasteiger partial charge in [-0.25, -0.2) is 0 Å². The first-order chi connectivity index (χ1) is 8.61. The Morgan fingerprint density at radius 2 is 2.17 bits per heavy atom. The molecule has 0 aliphatic carbocycles. The van der Waals surface area contributed by atoms with Gasteiger partial charge in [0, 0.05) is 19.0 Å². The number of likely N-dealkylation sites (tertiary alicyclic amines) is 1. The Hall–Kier alpha value is -1.50. The molecule has 1 saturated heterocycles. The minimum Gasteiger partial charge on any atom is -0.444 e. The van der Waals surface area contributed by atoms with Crippen molar-refractivity contribution >= 4 is 27.7 Å². The molecule has 6 nitrogen and oxygen atoms in total. The molecule has 0 spiro atoms. The van der Waals surface area contributed by atoms with Crippen molar-refractivity contribution < 1.29 is 14.4 Å². The van der Waals surface area contributed by atoms with E-state index in [2.05, 4.69) is 21.1 Å². The number of furan rings is 1. The van der Waals surface area contributed by atoms with Crippen molar-refractivity contribution in [3.05, 3.63) is 22.6 Å². The summed E-state index contributed by atoms with van der Waals surface area (Å²) in [5, 5.41) is 11.6. The molecule has 3 N–H and O–H groups in total. The van der Waals surface area contributed by atoms with Crippen LogP contribution in [0.1, 0.15) is 23.4 Å². The minimum absolute atomic E-state index is 0.0439. The van der Waals surface area contributed by atoms with Crippen molar-refractivity contribution in [3.8, 4) is 0 Å². The number of hydrogen-bond acceptors (Lipinski definition) is 4. The summed E-state index contributed by atoms with van der Waals surface area (Å²) < 4.78 is 5.77. The third-order valence-electron chi connectivity index (χ3n) is 3.10. The number of carbonyl (C=O) groups is 1. The normalized spacial score (nSPS) is 18.1. The van der Waals surface area contributed by atoms with Crippen LogP contribution in [-0.2, 0) is 0 Å². The fraction of sp³-hybridized carbons (Fsp3) is 0.455. The fourth-order valence-corrected chi connectivity index (χ4v) is 2.35. The highest BCUT2D eigenvalue weighted by Crippen LogP contribution is 2.21. The Morgan fingerprint density at radius 1 is 1.50 bits per heavy atom. The highest BCUT2D eigenvalue weighted by Gasteiger charge is 2.27.